The summed E-state index contributed by atoms with van der Waals surface area (Å²) in [4.78, 5) is 11.9. The van der Waals surface area contributed by atoms with Gasteiger partial charge in [-0.1, -0.05) is 35.9 Å². The van der Waals surface area contributed by atoms with E-state index < -0.39 is 0 Å². The van der Waals surface area contributed by atoms with Crippen molar-refractivity contribution < 1.29 is 13.6 Å². The van der Waals surface area contributed by atoms with Gasteiger partial charge in [0.1, 0.15) is 5.82 Å². The number of aryl methyl sites for hydroxylation is 1. The number of amides is 1. The van der Waals surface area contributed by atoms with Crippen LogP contribution in [0.3, 0.4) is 0 Å². The van der Waals surface area contributed by atoms with E-state index in [-0.39, 0.29) is 18.1 Å². The summed E-state index contributed by atoms with van der Waals surface area (Å²) in [7, 11) is 0. The zero-order valence-corrected chi connectivity index (χ0v) is 14.7. The van der Waals surface area contributed by atoms with Crippen LogP contribution in [0.2, 0.25) is 5.02 Å². The SMILES string of the molecule is O=C(CCc1nnc(-c2ccccc2Cl)o1)NCCc1ccc(F)cc1. The lowest BCUT2D eigenvalue weighted by atomic mass is 10.1. The van der Waals surface area contributed by atoms with Gasteiger partial charge in [-0.3, -0.25) is 4.79 Å². The Balaban J connectivity index is 1.45. The van der Waals surface area contributed by atoms with Gasteiger partial charge in [0.05, 0.1) is 10.6 Å². The highest BCUT2D eigenvalue weighted by Crippen LogP contribution is 2.26. The van der Waals surface area contributed by atoms with Crippen LogP contribution < -0.4 is 5.32 Å². The fraction of sp³-hybridized carbons (Fsp3) is 0.211. The Bertz CT molecular complexity index is 881. The van der Waals surface area contributed by atoms with Gasteiger partial charge in [-0.25, -0.2) is 4.39 Å². The highest BCUT2D eigenvalue weighted by Gasteiger charge is 2.12. The molecule has 0 fully saturated rings. The van der Waals surface area contributed by atoms with Crippen molar-refractivity contribution in [2.45, 2.75) is 19.3 Å². The molecular weight excluding hydrogens is 357 g/mol. The molecule has 26 heavy (non-hydrogen) atoms. The summed E-state index contributed by atoms with van der Waals surface area (Å²) in [6.07, 6.45) is 1.23. The van der Waals surface area contributed by atoms with Crippen LogP contribution in [0.1, 0.15) is 17.9 Å². The van der Waals surface area contributed by atoms with Crippen molar-refractivity contribution in [2.24, 2.45) is 0 Å². The average molecular weight is 374 g/mol. The number of benzene rings is 2. The molecule has 1 heterocycles. The predicted molar refractivity (Wildman–Crippen MR) is 96.2 cm³/mol. The number of rotatable bonds is 7. The van der Waals surface area contributed by atoms with Crippen molar-refractivity contribution in [3.05, 3.63) is 70.8 Å². The number of halogens is 2. The van der Waals surface area contributed by atoms with Gasteiger partial charge in [-0.05, 0) is 36.2 Å². The number of hydrogen-bond acceptors (Lipinski definition) is 4. The molecule has 1 amide bonds. The lowest BCUT2D eigenvalue weighted by molar-refractivity contribution is -0.121. The maximum absolute atomic E-state index is 12.8. The molecule has 0 aliphatic heterocycles. The first-order chi connectivity index (χ1) is 12.6. The maximum Gasteiger partial charge on any atom is 0.249 e. The molecule has 0 atom stereocenters. The molecule has 3 aromatic rings. The quantitative estimate of drug-likeness (QED) is 0.683. The second kappa shape index (κ2) is 8.58. The number of nitrogens with zero attached hydrogens (tertiary/aromatic N) is 2. The minimum absolute atomic E-state index is 0.107. The van der Waals surface area contributed by atoms with Crippen molar-refractivity contribution >= 4 is 17.5 Å². The van der Waals surface area contributed by atoms with Gasteiger partial charge in [-0.15, -0.1) is 10.2 Å². The summed E-state index contributed by atoms with van der Waals surface area (Å²) >= 11 is 6.10. The van der Waals surface area contributed by atoms with Crippen LogP contribution in [-0.2, 0) is 17.6 Å². The van der Waals surface area contributed by atoms with Crippen LogP contribution in [0.4, 0.5) is 4.39 Å². The van der Waals surface area contributed by atoms with E-state index in [1.54, 1.807) is 24.3 Å². The molecule has 0 radical (unpaired) electrons. The summed E-state index contributed by atoms with van der Waals surface area (Å²) in [5.41, 5.74) is 1.63. The molecule has 1 N–H and O–H groups in total. The van der Waals surface area contributed by atoms with E-state index >= 15 is 0 Å². The summed E-state index contributed by atoms with van der Waals surface area (Å²) < 4.78 is 18.4. The second-order valence-electron chi connectivity index (χ2n) is 5.71. The molecule has 0 spiro atoms. The van der Waals surface area contributed by atoms with Crippen LogP contribution >= 0.6 is 11.6 Å². The second-order valence-corrected chi connectivity index (χ2v) is 6.11. The third-order valence-electron chi connectivity index (χ3n) is 3.79. The van der Waals surface area contributed by atoms with Crippen LogP contribution in [0.25, 0.3) is 11.5 Å². The number of carbonyl (C=O) groups excluding carboxylic acids is 1. The average Bonchev–Trinajstić information content (AvgIpc) is 3.11. The summed E-state index contributed by atoms with van der Waals surface area (Å²) in [6.45, 7) is 0.485. The third-order valence-corrected chi connectivity index (χ3v) is 4.12. The van der Waals surface area contributed by atoms with Gasteiger partial charge in [0, 0.05) is 19.4 Å². The lowest BCUT2D eigenvalue weighted by Crippen LogP contribution is -2.25. The van der Waals surface area contributed by atoms with E-state index in [0.717, 1.165) is 5.56 Å². The van der Waals surface area contributed by atoms with Gasteiger partial charge in [0.2, 0.25) is 17.7 Å². The fourth-order valence-corrected chi connectivity index (χ4v) is 2.62. The van der Waals surface area contributed by atoms with Crippen LogP contribution in [0.5, 0.6) is 0 Å². The summed E-state index contributed by atoms with van der Waals surface area (Å²) in [5.74, 6) is 0.342. The van der Waals surface area contributed by atoms with E-state index in [9.17, 15) is 9.18 Å². The third kappa shape index (κ3) is 4.89. The Labute approximate surface area is 155 Å². The molecule has 2 aromatic carbocycles. The molecule has 0 aliphatic rings. The molecular formula is C19H17ClFN3O2. The van der Waals surface area contributed by atoms with Gasteiger partial charge in [-0.2, -0.15) is 0 Å². The first-order valence-electron chi connectivity index (χ1n) is 8.20. The Morgan fingerprint density at radius 2 is 1.85 bits per heavy atom. The van der Waals surface area contributed by atoms with Gasteiger partial charge in [0.15, 0.2) is 0 Å². The van der Waals surface area contributed by atoms with Crippen molar-refractivity contribution in [1.29, 1.82) is 0 Å². The monoisotopic (exact) mass is 373 g/mol. The Kier molecular flexibility index (Phi) is 5.96. The standard InChI is InChI=1S/C19H17ClFN3O2/c20-16-4-2-1-3-15(16)19-24-23-18(26-19)10-9-17(25)22-12-11-13-5-7-14(21)8-6-13/h1-8H,9-12H2,(H,22,25). The molecule has 3 rings (SSSR count). The molecule has 5 nitrogen and oxygen atoms in total. The van der Waals surface area contributed by atoms with Gasteiger partial charge >= 0.3 is 0 Å². The smallest absolute Gasteiger partial charge is 0.249 e. The molecule has 7 heteroatoms. The predicted octanol–water partition coefficient (Wildman–Crippen LogP) is 3.82. The highest BCUT2D eigenvalue weighted by atomic mass is 35.5. The molecule has 0 bridgehead atoms. The molecule has 0 aliphatic carbocycles. The van der Waals surface area contributed by atoms with Gasteiger partial charge in [0.25, 0.3) is 0 Å². The van der Waals surface area contributed by atoms with E-state index in [4.69, 9.17) is 16.0 Å². The normalized spacial score (nSPS) is 10.7. The largest absolute Gasteiger partial charge is 0.421 e. The van der Waals surface area contributed by atoms with Crippen molar-refractivity contribution in [1.82, 2.24) is 15.5 Å². The minimum atomic E-state index is -0.270. The Morgan fingerprint density at radius 1 is 1.08 bits per heavy atom. The topological polar surface area (TPSA) is 68.0 Å². The fourth-order valence-electron chi connectivity index (χ4n) is 2.40. The van der Waals surface area contributed by atoms with E-state index in [2.05, 4.69) is 15.5 Å². The number of hydrogen-bond donors (Lipinski definition) is 1. The first kappa shape index (κ1) is 18.1. The highest BCUT2D eigenvalue weighted by molar-refractivity contribution is 6.33. The first-order valence-corrected chi connectivity index (χ1v) is 8.58. The van der Waals surface area contributed by atoms with Crippen LogP contribution in [0, 0.1) is 5.82 Å². The van der Waals surface area contributed by atoms with Crippen molar-refractivity contribution in [3.63, 3.8) is 0 Å². The summed E-state index contributed by atoms with van der Waals surface area (Å²) in [5, 5.41) is 11.3. The van der Waals surface area contributed by atoms with Gasteiger partial charge < -0.3 is 9.73 Å². The zero-order chi connectivity index (χ0) is 18.4. The van der Waals surface area contributed by atoms with E-state index in [1.165, 1.54) is 12.1 Å². The Hall–Kier alpha value is -2.73. The van der Waals surface area contributed by atoms with Crippen LogP contribution in [-0.4, -0.2) is 22.6 Å². The Morgan fingerprint density at radius 3 is 2.62 bits per heavy atom. The molecule has 0 saturated carbocycles. The minimum Gasteiger partial charge on any atom is -0.421 e. The molecule has 1 aromatic heterocycles. The molecule has 0 saturated heterocycles. The number of aromatic nitrogens is 2. The van der Waals surface area contributed by atoms with E-state index in [0.29, 0.717) is 41.8 Å². The van der Waals surface area contributed by atoms with E-state index in [1.807, 2.05) is 12.1 Å². The number of carbonyl (C=O) groups is 1. The van der Waals surface area contributed by atoms with Crippen molar-refractivity contribution in [2.75, 3.05) is 6.54 Å². The number of nitrogens with one attached hydrogen (secondary N) is 1. The summed E-state index contributed by atoms with van der Waals surface area (Å²) in [6, 6.07) is 13.4. The lowest BCUT2D eigenvalue weighted by Gasteiger charge is -2.04. The molecule has 134 valence electrons. The maximum atomic E-state index is 12.8. The van der Waals surface area contributed by atoms with Crippen molar-refractivity contribution in [3.8, 4) is 11.5 Å². The molecule has 0 unspecified atom stereocenters. The zero-order valence-electron chi connectivity index (χ0n) is 13.9. The van der Waals surface area contributed by atoms with Crippen LogP contribution in [0.15, 0.2) is 52.9 Å².